The van der Waals surface area contributed by atoms with Gasteiger partial charge < -0.3 is 14.8 Å². The lowest BCUT2D eigenvalue weighted by molar-refractivity contribution is -0.150. The van der Waals surface area contributed by atoms with Gasteiger partial charge in [0.2, 0.25) is 10.9 Å². The van der Waals surface area contributed by atoms with Gasteiger partial charge in [0.05, 0.1) is 19.8 Å². The number of carbonyl (C=O) groups excluding carboxylic acids is 4. The normalized spacial score (nSPS) is 12.3. The number of Topliss-reactive ketones (excluding diaryl/α,β-unsaturated/α-hetero) is 1. The smallest absolute Gasteiger partial charge is 0.416 e. The molecule has 0 saturated heterocycles. The van der Waals surface area contributed by atoms with Crippen molar-refractivity contribution in [2.24, 2.45) is 16.9 Å². The summed E-state index contributed by atoms with van der Waals surface area (Å²) in [6.45, 7) is 0. The number of nitrogens with zero attached hydrogens (tertiary/aromatic N) is 1. The first-order valence-electron chi connectivity index (χ1n) is 7.99. The maximum absolute atomic E-state index is 12.8. The minimum absolute atomic E-state index is 0.328. The van der Waals surface area contributed by atoms with Crippen LogP contribution < -0.4 is 22.0 Å². The molecule has 1 aromatic rings. The number of amides is 1. The van der Waals surface area contributed by atoms with Gasteiger partial charge in [-0.05, 0) is 30.4 Å². The van der Waals surface area contributed by atoms with Crippen molar-refractivity contribution in [3.05, 3.63) is 29.8 Å². The first-order valence-corrected chi connectivity index (χ1v) is 8.39. The van der Waals surface area contributed by atoms with E-state index in [1.54, 1.807) is 0 Å². The molecule has 0 aliphatic rings. The number of anilines is 1. The molecule has 11 nitrogen and oxygen atoms in total. The number of rotatable bonds is 7. The Labute approximate surface area is 178 Å². The molecule has 168 valence electrons. The number of ether oxygens (including phenoxy) is 2. The van der Waals surface area contributed by atoms with Crippen LogP contribution >= 0.6 is 12.2 Å². The molecule has 0 bridgehead atoms. The van der Waals surface area contributed by atoms with Crippen LogP contribution in [0.3, 0.4) is 0 Å². The average molecular weight is 463 g/mol. The number of halogens is 3. The number of hydrazine groups is 1. The van der Waals surface area contributed by atoms with Gasteiger partial charge >= 0.3 is 18.1 Å². The third-order valence-electron chi connectivity index (χ3n) is 3.45. The highest BCUT2D eigenvalue weighted by molar-refractivity contribution is 7.80. The van der Waals surface area contributed by atoms with Gasteiger partial charge in [-0.2, -0.15) is 18.3 Å². The lowest BCUT2D eigenvalue weighted by Gasteiger charge is -2.15. The Morgan fingerprint density at radius 1 is 1.16 bits per heavy atom. The second-order valence-corrected chi connectivity index (χ2v) is 5.84. The van der Waals surface area contributed by atoms with E-state index in [1.165, 1.54) is 0 Å². The summed E-state index contributed by atoms with van der Waals surface area (Å²) in [5.41, 5.74) is 1.59. The Bertz CT molecular complexity index is 921. The molecule has 1 aromatic carbocycles. The van der Waals surface area contributed by atoms with Gasteiger partial charge in [-0.15, -0.1) is 0 Å². The maximum atomic E-state index is 12.8. The molecule has 0 unspecified atom stereocenters. The molecule has 0 aliphatic carbocycles. The zero-order valence-electron chi connectivity index (χ0n) is 15.9. The summed E-state index contributed by atoms with van der Waals surface area (Å²) in [6.07, 6.45) is -4.70. The lowest BCUT2D eigenvalue weighted by atomic mass is 9.97. The fourth-order valence-corrected chi connectivity index (χ4v) is 2.08. The third kappa shape index (κ3) is 7.00. The molecule has 0 aliphatic heterocycles. The van der Waals surface area contributed by atoms with Crippen LogP contribution in [-0.4, -0.2) is 48.7 Å². The van der Waals surface area contributed by atoms with Gasteiger partial charge in [-0.25, -0.2) is 10.6 Å². The molecule has 15 heteroatoms. The average Bonchev–Trinajstić information content (AvgIpc) is 2.74. The van der Waals surface area contributed by atoms with Crippen LogP contribution in [0.5, 0.6) is 0 Å². The van der Waals surface area contributed by atoms with Crippen molar-refractivity contribution in [3.63, 3.8) is 0 Å². The number of nitrogens with one attached hydrogen (secondary N) is 3. The number of benzene rings is 1. The highest BCUT2D eigenvalue weighted by atomic mass is 32.1. The zero-order valence-corrected chi connectivity index (χ0v) is 16.7. The van der Waals surface area contributed by atoms with Crippen molar-refractivity contribution in [1.29, 1.82) is 0 Å². The maximum Gasteiger partial charge on any atom is 0.416 e. The van der Waals surface area contributed by atoms with E-state index in [1.807, 2.05) is 16.2 Å². The Morgan fingerprint density at radius 2 is 1.81 bits per heavy atom. The molecule has 0 heterocycles. The van der Waals surface area contributed by atoms with Gasteiger partial charge in [0, 0.05) is 5.69 Å². The minimum Gasteiger partial charge on any atom is -0.468 e. The predicted molar refractivity (Wildman–Crippen MR) is 103 cm³/mol. The Balaban J connectivity index is 3.27. The number of alkyl halides is 3. The SMILES string of the molecule is COC(=O)/C(=N\NC(=S)NN)[C@@H](C(=O)OC)C(=O)C(=O)Nc1cccc(C(F)(F)F)c1. The summed E-state index contributed by atoms with van der Waals surface area (Å²) in [7, 11) is 1.76. The summed E-state index contributed by atoms with van der Waals surface area (Å²) in [4.78, 5) is 49.0. The van der Waals surface area contributed by atoms with Crippen LogP contribution in [0.4, 0.5) is 18.9 Å². The van der Waals surface area contributed by atoms with Crippen LogP contribution in [-0.2, 0) is 34.8 Å². The predicted octanol–water partition coefficient (Wildman–Crippen LogP) is -0.131. The first-order chi connectivity index (χ1) is 14.5. The molecule has 0 radical (unpaired) electrons. The molecule has 0 aromatic heterocycles. The molecule has 1 amide bonds. The van der Waals surface area contributed by atoms with Crippen molar-refractivity contribution in [2.75, 3.05) is 19.5 Å². The lowest BCUT2D eigenvalue weighted by Crippen LogP contribution is -2.45. The number of carbonyl (C=O) groups is 4. The quantitative estimate of drug-likeness (QED) is 0.0815. The van der Waals surface area contributed by atoms with Gasteiger partial charge in [-0.3, -0.25) is 25.2 Å². The van der Waals surface area contributed by atoms with E-state index in [9.17, 15) is 32.3 Å². The van der Waals surface area contributed by atoms with Crippen molar-refractivity contribution >= 4 is 52.4 Å². The Morgan fingerprint density at radius 3 is 2.32 bits per heavy atom. The van der Waals surface area contributed by atoms with Crippen molar-refractivity contribution in [2.45, 2.75) is 6.18 Å². The fourth-order valence-electron chi connectivity index (χ4n) is 2.03. The number of esters is 2. The molecular formula is C16H16F3N5O6S. The molecule has 1 atom stereocenters. The van der Waals surface area contributed by atoms with Crippen LogP contribution in [0, 0.1) is 5.92 Å². The van der Waals surface area contributed by atoms with Gasteiger partial charge in [-0.1, -0.05) is 6.07 Å². The molecule has 0 saturated carbocycles. The summed E-state index contributed by atoms with van der Waals surface area (Å²) in [5.74, 6) is -2.97. The highest BCUT2D eigenvalue weighted by Crippen LogP contribution is 2.30. The van der Waals surface area contributed by atoms with Crippen LogP contribution in [0.25, 0.3) is 0 Å². The minimum atomic E-state index is -4.70. The number of ketones is 1. The van der Waals surface area contributed by atoms with E-state index < -0.39 is 47.0 Å². The molecule has 1 rings (SSSR count). The van der Waals surface area contributed by atoms with Gasteiger partial charge in [0.15, 0.2) is 11.6 Å². The monoisotopic (exact) mass is 463 g/mol. The van der Waals surface area contributed by atoms with E-state index in [0.717, 1.165) is 32.4 Å². The second-order valence-electron chi connectivity index (χ2n) is 5.43. The number of thiocarbonyl (C=S) groups is 1. The van der Waals surface area contributed by atoms with Gasteiger partial charge in [0.25, 0.3) is 5.91 Å². The van der Waals surface area contributed by atoms with Crippen LogP contribution in [0.15, 0.2) is 29.4 Å². The largest absolute Gasteiger partial charge is 0.468 e. The standard InChI is InChI=1S/C16H16F3N5O6S/c1-29-13(27)9(10(14(28)30-2)23-24-15(31)22-20)11(25)12(26)21-8-5-3-4-7(6-8)16(17,18)19/h3-6,9H,20H2,1-2H3,(H,21,26)(H2,22,24,31)/b23-10-/t9-/m1/s1. The van der Waals surface area contributed by atoms with Crippen molar-refractivity contribution in [3.8, 4) is 0 Å². The molecule has 0 fully saturated rings. The number of nitrogens with two attached hydrogens (primary N) is 1. The van der Waals surface area contributed by atoms with E-state index in [-0.39, 0.29) is 10.8 Å². The number of methoxy groups -OCH3 is 2. The van der Waals surface area contributed by atoms with Crippen molar-refractivity contribution < 1.29 is 41.8 Å². The highest BCUT2D eigenvalue weighted by Gasteiger charge is 2.41. The van der Waals surface area contributed by atoms with E-state index in [4.69, 9.17) is 5.84 Å². The van der Waals surface area contributed by atoms with Crippen molar-refractivity contribution in [1.82, 2.24) is 10.9 Å². The van der Waals surface area contributed by atoms with Crippen LogP contribution in [0.1, 0.15) is 5.56 Å². The van der Waals surface area contributed by atoms with E-state index in [0.29, 0.717) is 6.07 Å². The fraction of sp³-hybridized carbons (Fsp3) is 0.250. The molecule has 5 N–H and O–H groups in total. The Hall–Kier alpha value is -3.59. The molecular weight excluding hydrogens is 447 g/mol. The summed E-state index contributed by atoms with van der Waals surface area (Å²) < 4.78 is 47.3. The second kappa shape index (κ2) is 11.0. The summed E-state index contributed by atoms with van der Waals surface area (Å²) in [5, 5.41) is 5.04. The number of hydrazone groups is 1. The van der Waals surface area contributed by atoms with E-state index >= 15 is 0 Å². The van der Waals surface area contributed by atoms with Gasteiger partial charge in [0.1, 0.15) is 0 Å². The topological polar surface area (TPSA) is 161 Å². The zero-order chi connectivity index (χ0) is 23.8. The molecule has 31 heavy (non-hydrogen) atoms. The number of hydrogen-bond donors (Lipinski definition) is 4. The summed E-state index contributed by atoms with van der Waals surface area (Å²) in [6, 6.07) is 3.39. The number of hydrogen-bond acceptors (Lipinski definition) is 9. The van der Waals surface area contributed by atoms with Crippen LogP contribution in [0.2, 0.25) is 0 Å². The Kier molecular flexibility index (Phi) is 9.01. The summed E-state index contributed by atoms with van der Waals surface area (Å²) >= 11 is 4.64. The first kappa shape index (κ1) is 25.4. The molecule has 0 spiro atoms. The third-order valence-corrected chi connectivity index (χ3v) is 3.66. The van der Waals surface area contributed by atoms with E-state index in [2.05, 4.69) is 26.8 Å².